The van der Waals surface area contributed by atoms with Crippen LogP contribution in [0.1, 0.15) is 19.3 Å². The predicted molar refractivity (Wildman–Crippen MR) is 87.7 cm³/mol. The zero-order valence-corrected chi connectivity index (χ0v) is 13.5. The average molecular weight is 338 g/mol. The van der Waals surface area contributed by atoms with Gasteiger partial charge in [-0.15, -0.1) is 0 Å². The summed E-state index contributed by atoms with van der Waals surface area (Å²) in [7, 11) is 0. The third-order valence-corrected chi connectivity index (χ3v) is 4.36. The van der Waals surface area contributed by atoms with Gasteiger partial charge in [-0.25, -0.2) is 4.79 Å². The number of anilines is 1. The van der Waals surface area contributed by atoms with Gasteiger partial charge in [0.2, 0.25) is 5.91 Å². The van der Waals surface area contributed by atoms with Crippen LogP contribution < -0.4 is 15.5 Å². The second-order valence-corrected chi connectivity index (χ2v) is 6.31. The van der Waals surface area contributed by atoms with E-state index in [0.717, 1.165) is 25.1 Å². The molecule has 6 nitrogen and oxygen atoms in total. The number of nitrogens with zero attached hydrogens (tertiary/aromatic N) is 1. The second kappa shape index (κ2) is 7.19. The zero-order valence-electron chi connectivity index (χ0n) is 12.8. The van der Waals surface area contributed by atoms with E-state index in [2.05, 4.69) is 10.6 Å². The molecule has 0 aliphatic carbocycles. The first-order valence-electron chi connectivity index (χ1n) is 7.84. The number of carbonyl (C=O) groups is 2. The summed E-state index contributed by atoms with van der Waals surface area (Å²) in [6, 6.07) is 6.66. The lowest BCUT2D eigenvalue weighted by Gasteiger charge is -2.18. The first-order chi connectivity index (χ1) is 11.1. The fraction of sp³-hybridized carbons (Fsp3) is 0.500. The summed E-state index contributed by atoms with van der Waals surface area (Å²) >= 11 is 5.86. The van der Waals surface area contributed by atoms with Gasteiger partial charge in [-0.05, 0) is 37.1 Å². The highest BCUT2D eigenvalue weighted by atomic mass is 35.5. The van der Waals surface area contributed by atoms with Crippen LogP contribution in [-0.2, 0) is 9.53 Å². The lowest BCUT2D eigenvalue weighted by molar-refractivity contribution is -0.117. The highest BCUT2D eigenvalue weighted by molar-refractivity contribution is 6.30. The van der Waals surface area contributed by atoms with Crippen LogP contribution in [0, 0.1) is 0 Å². The first-order valence-corrected chi connectivity index (χ1v) is 8.21. The predicted octanol–water partition coefficient (Wildman–Crippen LogP) is 1.92. The van der Waals surface area contributed by atoms with E-state index in [9.17, 15) is 9.59 Å². The molecule has 0 aromatic heterocycles. The summed E-state index contributed by atoms with van der Waals surface area (Å²) in [5, 5.41) is 6.28. The van der Waals surface area contributed by atoms with Crippen LogP contribution in [0.5, 0.6) is 0 Å². The number of ether oxygens (including phenoxy) is 1. The molecule has 0 bridgehead atoms. The molecule has 3 amide bonds. The molecule has 2 heterocycles. The number of amides is 3. The van der Waals surface area contributed by atoms with Crippen molar-refractivity contribution in [3.8, 4) is 0 Å². The van der Waals surface area contributed by atoms with Gasteiger partial charge in [0.05, 0.1) is 12.1 Å². The maximum Gasteiger partial charge on any atom is 0.315 e. The molecule has 0 radical (unpaired) electrons. The van der Waals surface area contributed by atoms with Crippen LogP contribution in [0.4, 0.5) is 10.5 Å². The maximum atomic E-state index is 12.1. The van der Waals surface area contributed by atoms with Crippen LogP contribution >= 0.6 is 11.6 Å². The number of benzene rings is 1. The Hall–Kier alpha value is -1.79. The Morgan fingerprint density at radius 1 is 1.35 bits per heavy atom. The fourth-order valence-corrected chi connectivity index (χ4v) is 3.05. The van der Waals surface area contributed by atoms with Gasteiger partial charge in [0.25, 0.3) is 0 Å². The number of nitrogens with one attached hydrogen (secondary N) is 2. The highest BCUT2D eigenvalue weighted by Crippen LogP contribution is 2.23. The van der Waals surface area contributed by atoms with E-state index in [1.165, 1.54) is 0 Å². The highest BCUT2D eigenvalue weighted by Gasteiger charge is 2.31. The number of carbonyl (C=O) groups excluding carboxylic acids is 2. The lowest BCUT2D eigenvalue weighted by Crippen LogP contribution is -2.45. The summed E-state index contributed by atoms with van der Waals surface area (Å²) in [6.45, 7) is 1.74. The molecule has 7 heteroatoms. The largest absolute Gasteiger partial charge is 0.376 e. The van der Waals surface area contributed by atoms with Crippen molar-refractivity contribution in [3.05, 3.63) is 29.3 Å². The van der Waals surface area contributed by atoms with Gasteiger partial charge in [0.15, 0.2) is 0 Å². The van der Waals surface area contributed by atoms with Crippen LogP contribution in [0.2, 0.25) is 5.02 Å². The Morgan fingerprint density at radius 2 is 2.13 bits per heavy atom. The third-order valence-electron chi connectivity index (χ3n) is 4.11. The average Bonchev–Trinajstić information content (AvgIpc) is 3.16. The third kappa shape index (κ3) is 4.14. The number of hydrogen-bond acceptors (Lipinski definition) is 3. The summed E-state index contributed by atoms with van der Waals surface area (Å²) in [5.74, 6) is -0.00301. The van der Waals surface area contributed by atoms with E-state index in [1.807, 2.05) is 0 Å². The molecule has 0 unspecified atom stereocenters. The van der Waals surface area contributed by atoms with E-state index >= 15 is 0 Å². The van der Waals surface area contributed by atoms with Crippen molar-refractivity contribution in [2.75, 3.05) is 24.6 Å². The summed E-state index contributed by atoms with van der Waals surface area (Å²) in [4.78, 5) is 25.7. The fourth-order valence-electron chi connectivity index (χ4n) is 2.92. The van der Waals surface area contributed by atoms with Gasteiger partial charge >= 0.3 is 6.03 Å². The summed E-state index contributed by atoms with van der Waals surface area (Å²) < 4.78 is 5.46. The number of halogens is 1. The van der Waals surface area contributed by atoms with Crippen molar-refractivity contribution in [1.82, 2.24) is 10.6 Å². The van der Waals surface area contributed by atoms with Crippen LogP contribution in [0.25, 0.3) is 0 Å². The van der Waals surface area contributed by atoms with Gasteiger partial charge < -0.3 is 20.3 Å². The molecule has 2 aliphatic rings. The Morgan fingerprint density at radius 3 is 2.83 bits per heavy atom. The molecule has 2 fully saturated rings. The van der Waals surface area contributed by atoms with Crippen molar-refractivity contribution < 1.29 is 14.3 Å². The number of rotatable bonds is 4. The zero-order chi connectivity index (χ0) is 16.2. The van der Waals surface area contributed by atoms with E-state index in [0.29, 0.717) is 24.5 Å². The van der Waals surface area contributed by atoms with Gasteiger partial charge in [-0.1, -0.05) is 11.6 Å². The van der Waals surface area contributed by atoms with Crippen LogP contribution in [0.15, 0.2) is 24.3 Å². The van der Waals surface area contributed by atoms with E-state index in [4.69, 9.17) is 16.3 Å². The monoisotopic (exact) mass is 337 g/mol. The minimum absolute atomic E-state index is 0.00301. The van der Waals surface area contributed by atoms with E-state index in [-0.39, 0.29) is 24.1 Å². The summed E-state index contributed by atoms with van der Waals surface area (Å²) in [5.41, 5.74) is 0.795. The molecular formula is C16H20ClN3O3. The second-order valence-electron chi connectivity index (χ2n) is 5.87. The lowest BCUT2D eigenvalue weighted by atomic mass is 10.2. The van der Waals surface area contributed by atoms with Crippen molar-refractivity contribution in [2.45, 2.75) is 31.4 Å². The molecule has 2 aliphatic heterocycles. The first kappa shape index (κ1) is 16.1. The molecule has 0 saturated carbocycles. The smallest absolute Gasteiger partial charge is 0.315 e. The van der Waals surface area contributed by atoms with Gasteiger partial charge in [0, 0.05) is 36.8 Å². The Bertz CT molecular complexity index is 572. The molecular weight excluding hydrogens is 318 g/mol. The van der Waals surface area contributed by atoms with Crippen LogP contribution in [-0.4, -0.2) is 43.8 Å². The maximum absolute atomic E-state index is 12.1. The van der Waals surface area contributed by atoms with Crippen molar-refractivity contribution in [2.24, 2.45) is 0 Å². The van der Waals surface area contributed by atoms with Gasteiger partial charge in [-0.3, -0.25) is 4.79 Å². The molecule has 124 valence electrons. The Balaban J connectivity index is 1.48. The minimum Gasteiger partial charge on any atom is -0.376 e. The van der Waals surface area contributed by atoms with Crippen LogP contribution in [0.3, 0.4) is 0 Å². The van der Waals surface area contributed by atoms with Crippen molar-refractivity contribution >= 4 is 29.2 Å². The van der Waals surface area contributed by atoms with Crippen molar-refractivity contribution in [1.29, 1.82) is 0 Å². The summed E-state index contributed by atoms with van der Waals surface area (Å²) in [6.07, 6.45) is 2.43. The molecule has 0 spiro atoms. The van der Waals surface area contributed by atoms with E-state index < -0.39 is 0 Å². The number of urea groups is 1. The van der Waals surface area contributed by atoms with Gasteiger partial charge in [-0.2, -0.15) is 0 Å². The topological polar surface area (TPSA) is 70.7 Å². The number of hydrogen-bond donors (Lipinski definition) is 2. The van der Waals surface area contributed by atoms with E-state index in [1.54, 1.807) is 29.2 Å². The SMILES string of the molecule is O=C(NC[C@H]1CCCO1)N[C@@H]1CC(=O)N(c2ccc(Cl)cc2)C1. The molecule has 23 heavy (non-hydrogen) atoms. The normalized spacial score (nSPS) is 24.0. The quantitative estimate of drug-likeness (QED) is 0.882. The molecule has 2 N–H and O–H groups in total. The Kier molecular flexibility index (Phi) is 5.03. The Labute approximate surface area is 140 Å². The minimum atomic E-state index is -0.253. The molecule has 1 aromatic rings. The standard InChI is InChI=1S/C16H20ClN3O3/c17-11-3-5-13(6-4-11)20-10-12(8-15(20)21)19-16(22)18-9-14-2-1-7-23-14/h3-6,12,14H,1-2,7-10H2,(H2,18,19,22)/t12-,14-/m1/s1. The van der Waals surface area contributed by atoms with Crippen molar-refractivity contribution in [3.63, 3.8) is 0 Å². The molecule has 1 aromatic carbocycles. The van der Waals surface area contributed by atoms with Gasteiger partial charge in [0.1, 0.15) is 0 Å². The molecule has 2 saturated heterocycles. The molecule has 2 atom stereocenters. The molecule has 3 rings (SSSR count).